The summed E-state index contributed by atoms with van der Waals surface area (Å²) in [7, 11) is 0. The van der Waals surface area contributed by atoms with Crippen molar-refractivity contribution in [3.05, 3.63) is 78.1 Å². The first-order valence-corrected chi connectivity index (χ1v) is 9.78. The van der Waals surface area contributed by atoms with Gasteiger partial charge in [-0.3, -0.25) is 4.79 Å². The number of hydrogen-bond donors (Lipinski definition) is 1. The lowest BCUT2D eigenvalue weighted by Crippen LogP contribution is -2.26. The second kappa shape index (κ2) is 10.2. The number of halogens is 1. The Morgan fingerprint density at radius 3 is 2.71 bits per heavy atom. The van der Waals surface area contributed by atoms with E-state index in [2.05, 4.69) is 11.9 Å². The molecule has 2 nitrogen and oxygen atoms in total. The summed E-state index contributed by atoms with van der Waals surface area (Å²) >= 11 is 3.19. The van der Waals surface area contributed by atoms with E-state index in [1.54, 1.807) is 35.7 Å². The van der Waals surface area contributed by atoms with E-state index in [0.29, 0.717) is 23.4 Å². The van der Waals surface area contributed by atoms with E-state index in [4.69, 9.17) is 0 Å². The Morgan fingerprint density at radius 2 is 1.92 bits per heavy atom. The molecule has 0 aliphatic rings. The lowest BCUT2D eigenvalue weighted by atomic mass is 10.2. The van der Waals surface area contributed by atoms with Crippen LogP contribution in [0, 0.1) is 5.82 Å². The minimum absolute atomic E-state index is 0.0753. The third-order valence-electron chi connectivity index (χ3n) is 3.24. The molecule has 1 amide bonds. The summed E-state index contributed by atoms with van der Waals surface area (Å²) in [4.78, 5) is 13.2. The largest absolute Gasteiger partial charge is 0.351 e. The summed E-state index contributed by atoms with van der Waals surface area (Å²) in [5.74, 6) is 1.86. The molecule has 0 bridgehead atoms. The predicted molar refractivity (Wildman–Crippen MR) is 102 cm³/mol. The molecule has 0 fully saturated rings. The molecule has 0 aliphatic carbocycles. The van der Waals surface area contributed by atoms with Crippen LogP contribution >= 0.6 is 23.5 Å². The highest BCUT2D eigenvalue weighted by atomic mass is 32.2. The Hall–Kier alpha value is -1.72. The van der Waals surface area contributed by atoms with Gasteiger partial charge in [0.1, 0.15) is 5.82 Å². The summed E-state index contributed by atoms with van der Waals surface area (Å²) < 4.78 is 13.5. The monoisotopic (exact) mass is 361 g/mol. The molecule has 5 heteroatoms. The van der Waals surface area contributed by atoms with Gasteiger partial charge in [0.15, 0.2) is 0 Å². The van der Waals surface area contributed by atoms with Gasteiger partial charge in [0.25, 0.3) is 5.91 Å². The molecule has 0 spiro atoms. The molecule has 0 atom stereocenters. The number of benzene rings is 2. The fraction of sp³-hybridized carbons (Fsp3) is 0.211. The lowest BCUT2D eigenvalue weighted by molar-refractivity contribution is 0.0953. The SMILES string of the molecule is C=CCSc1ccccc1C(=O)NCCSCc1ccccc1F. The van der Waals surface area contributed by atoms with Crippen LogP contribution in [-0.4, -0.2) is 24.0 Å². The zero-order chi connectivity index (χ0) is 17.2. The number of rotatable bonds is 9. The average Bonchev–Trinajstić information content (AvgIpc) is 2.61. The van der Waals surface area contributed by atoms with E-state index in [9.17, 15) is 9.18 Å². The third kappa shape index (κ3) is 5.73. The average molecular weight is 362 g/mol. The van der Waals surface area contributed by atoms with Crippen molar-refractivity contribution in [2.24, 2.45) is 0 Å². The van der Waals surface area contributed by atoms with Gasteiger partial charge >= 0.3 is 0 Å². The van der Waals surface area contributed by atoms with Crippen molar-refractivity contribution >= 4 is 29.4 Å². The van der Waals surface area contributed by atoms with E-state index in [1.807, 2.05) is 36.4 Å². The van der Waals surface area contributed by atoms with Crippen LogP contribution in [0.4, 0.5) is 4.39 Å². The minimum Gasteiger partial charge on any atom is -0.351 e. The van der Waals surface area contributed by atoms with E-state index in [-0.39, 0.29) is 11.7 Å². The van der Waals surface area contributed by atoms with E-state index in [0.717, 1.165) is 16.4 Å². The fourth-order valence-corrected chi connectivity index (χ4v) is 3.69. The predicted octanol–water partition coefficient (Wildman–Crippen LogP) is 4.77. The maximum atomic E-state index is 13.5. The molecular weight excluding hydrogens is 341 g/mol. The molecule has 2 aromatic rings. The lowest BCUT2D eigenvalue weighted by Gasteiger charge is -2.09. The van der Waals surface area contributed by atoms with E-state index < -0.39 is 0 Å². The van der Waals surface area contributed by atoms with Crippen molar-refractivity contribution in [3.63, 3.8) is 0 Å². The van der Waals surface area contributed by atoms with Crippen LogP contribution < -0.4 is 5.32 Å². The standard InChI is InChI=1S/C19H20FNOS2/c1-2-12-24-18-10-6-4-8-16(18)19(22)21-11-13-23-14-15-7-3-5-9-17(15)20/h2-10H,1,11-14H2,(H,21,22). The number of thioether (sulfide) groups is 2. The maximum Gasteiger partial charge on any atom is 0.252 e. The number of carbonyl (C=O) groups is 1. The summed E-state index contributed by atoms with van der Waals surface area (Å²) in [6.45, 7) is 4.25. The maximum absolute atomic E-state index is 13.5. The Labute approximate surface area is 150 Å². The highest BCUT2D eigenvalue weighted by Crippen LogP contribution is 2.22. The Balaban J connectivity index is 1.77. The molecule has 0 aliphatic heterocycles. The first-order valence-electron chi connectivity index (χ1n) is 7.64. The summed E-state index contributed by atoms with van der Waals surface area (Å²) in [5, 5.41) is 2.92. The molecule has 24 heavy (non-hydrogen) atoms. The quantitative estimate of drug-likeness (QED) is 0.396. The molecular formula is C19H20FNOS2. The highest BCUT2D eigenvalue weighted by Gasteiger charge is 2.10. The number of hydrogen-bond acceptors (Lipinski definition) is 3. The third-order valence-corrected chi connectivity index (χ3v) is 5.31. The normalized spacial score (nSPS) is 10.4. The molecule has 0 unspecified atom stereocenters. The van der Waals surface area contributed by atoms with Crippen molar-refractivity contribution in [2.45, 2.75) is 10.6 Å². The molecule has 0 radical (unpaired) electrons. The van der Waals surface area contributed by atoms with Crippen molar-refractivity contribution in [2.75, 3.05) is 18.1 Å². The van der Waals surface area contributed by atoms with Crippen molar-refractivity contribution in [3.8, 4) is 0 Å². The Bertz CT molecular complexity index is 691. The first kappa shape index (κ1) is 18.6. The summed E-state index contributed by atoms with van der Waals surface area (Å²) in [6.07, 6.45) is 1.82. The van der Waals surface area contributed by atoms with Crippen LogP contribution in [0.2, 0.25) is 0 Å². The fourth-order valence-electron chi connectivity index (χ4n) is 2.06. The number of carbonyl (C=O) groups excluding carboxylic acids is 1. The summed E-state index contributed by atoms with van der Waals surface area (Å²) in [5.41, 5.74) is 1.38. The van der Waals surface area contributed by atoms with Crippen LogP contribution in [0.15, 0.2) is 66.1 Å². The molecule has 2 aromatic carbocycles. The first-order chi connectivity index (χ1) is 11.7. The molecule has 2 rings (SSSR count). The van der Waals surface area contributed by atoms with Crippen molar-refractivity contribution < 1.29 is 9.18 Å². The zero-order valence-electron chi connectivity index (χ0n) is 13.3. The minimum atomic E-state index is -0.179. The van der Waals surface area contributed by atoms with Crippen LogP contribution in [0.3, 0.4) is 0 Å². The van der Waals surface area contributed by atoms with Gasteiger partial charge in [-0.1, -0.05) is 36.4 Å². The van der Waals surface area contributed by atoms with E-state index >= 15 is 0 Å². The van der Waals surface area contributed by atoms with Gasteiger partial charge in [0, 0.05) is 28.7 Å². The second-order valence-corrected chi connectivity index (χ2v) is 7.16. The van der Waals surface area contributed by atoms with Crippen LogP contribution in [0.5, 0.6) is 0 Å². The molecule has 0 saturated heterocycles. The zero-order valence-corrected chi connectivity index (χ0v) is 15.0. The van der Waals surface area contributed by atoms with Crippen LogP contribution in [0.1, 0.15) is 15.9 Å². The number of amides is 1. The van der Waals surface area contributed by atoms with Crippen LogP contribution in [0.25, 0.3) is 0 Å². The van der Waals surface area contributed by atoms with Gasteiger partial charge in [-0.15, -0.1) is 18.3 Å². The molecule has 0 aromatic heterocycles. The van der Waals surface area contributed by atoms with Gasteiger partial charge in [-0.2, -0.15) is 11.8 Å². The van der Waals surface area contributed by atoms with Gasteiger partial charge in [0.2, 0.25) is 0 Å². The Morgan fingerprint density at radius 1 is 1.17 bits per heavy atom. The molecule has 1 N–H and O–H groups in total. The topological polar surface area (TPSA) is 29.1 Å². The molecule has 126 valence electrons. The van der Waals surface area contributed by atoms with Crippen LogP contribution in [-0.2, 0) is 5.75 Å². The van der Waals surface area contributed by atoms with Gasteiger partial charge in [-0.25, -0.2) is 4.39 Å². The molecule has 0 heterocycles. The summed E-state index contributed by atoms with van der Waals surface area (Å²) in [6, 6.07) is 14.3. The highest BCUT2D eigenvalue weighted by molar-refractivity contribution is 7.99. The van der Waals surface area contributed by atoms with E-state index in [1.165, 1.54) is 6.07 Å². The van der Waals surface area contributed by atoms with Gasteiger partial charge in [-0.05, 0) is 23.8 Å². The van der Waals surface area contributed by atoms with Crippen molar-refractivity contribution in [1.29, 1.82) is 0 Å². The second-order valence-electron chi connectivity index (χ2n) is 5.00. The Kier molecular flexibility index (Phi) is 7.92. The number of nitrogens with one attached hydrogen (secondary N) is 1. The van der Waals surface area contributed by atoms with Gasteiger partial charge in [0.05, 0.1) is 5.56 Å². The van der Waals surface area contributed by atoms with Gasteiger partial charge < -0.3 is 5.32 Å². The smallest absolute Gasteiger partial charge is 0.252 e. The van der Waals surface area contributed by atoms with Crippen molar-refractivity contribution in [1.82, 2.24) is 5.32 Å². The molecule has 0 saturated carbocycles.